The second-order valence-electron chi connectivity index (χ2n) is 8.77. The van der Waals surface area contributed by atoms with Crippen molar-refractivity contribution in [2.75, 3.05) is 18.7 Å². The van der Waals surface area contributed by atoms with E-state index in [1.54, 1.807) is 11.5 Å². The number of hydrogen-bond donors (Lipinski definition) is 3. The number of carbonyl (C=O) groups is 2. The molecule has 14 heteroatoms. The van der Waals surface area contributed by atoms with Crippen molar-refractivity contribution in [2.45, 2.75) is 78.2 Å². The minimum atomic E-state index is -3.97. The molecule has 3 atom stereocenters. The predicted octanol–water partition coefficient (Wildman–Crippen LogP) is 2.56. The number of carboxylic acid groups (broad SMARTS) is 1. The summed E-state index contributed by atoms with van der Waals surface area (Å²) in [6.07, 6.45) is 3.25. The van der Waals surface area contributed by atoms with Crippen LogP contribution in [0, 0.1) is 0 Å². The number of esters is 1. The number of nitrogen functional groups attached to an aromatic ring is 1. The zero-order valence-corrected chi connectivity index (χ0v) is 21.7. The van der Waals surface area contributed by atoms with Crippen LogP contribution in [-0.2, 0) is 34.7 Å². The minimum Gasteiger partial charge on any atom is -0.480 e. The fourth-order valence-corrected chi connectivity index (χ4v) is 5.26. The molecule has 4 N–H and O–H groups in total. The molecule has 35 heavy (non-hydrogen) atoms. The van der Waals surface area contributed by atoms with Gasteiger partial charge in [-0.25, -0.2) is 24.8 Å². The molecule has 0 unspecified atom stereocenters. The summed E-state index contributed by atoms with van der Waals surface area (Å²) in [7, 11) is -3.97. The summed E-state index contributed by atoms with van der Waals surface area (Å²) >= 11 is 0. The lowest BCUT2D eigenvalue weighted by Gasteiger charge is -2.30. The van der Waals surface area contributed by atoms with Crippen molar-refractivity contribution < 1.29 is 33.3 Å². The average molecular weight is 515 g/mol. The molecule has 0 saturated heterocycles. The van der Waals surface area contributed by atoms with E-state index in [4.69, 9.17) is 19.7 Å². The molecule has 0 spiro atoms. The highest BCUT2D eigenvalue weighted by Gasteiger charge is 2.39. The van der Waals surface area contributed by atoms with E-state index in [0.717, 1.165) is 12.8 Å². The van der Waals surface area contributed by atoms with Gasteiger partial charge in [0.2, 0.25) is 0 Å². The third kappa shape index (κ3) is 8.24. The van der Waals surface area contributed by atoms with Crippen molar-refractivity contribution in [2.24, 2.45) is 0 Å². The van der Waals surface area contributed by atoms with Crippen LogP contribution in [0.2, 0.25) is 0 Å². The number of fused-ring (bicyclic) bond motifs is 1. The van der Waals surface area contributed by atoms with E-state index in [1.165, 1.54) is 33.4 Å². The van der Waals surface area contributed by atoms with Crippen LogP contribution in [0.25, 0.3) is 11.2 Å². The number of nitrogens with one attached hydrogen (secondary N) is 1. The number of anilines is 1. The van der Waals surface area contributed by atoms with Gasteiger partial charge < -0.3 is 29.4 Å². The van der Waals surface area contributed by atoms with Gasteiger partial charge in [0, 0.05) is 0 Å². The quantitative estimate of drug-likeness (QED) is 0.180. The Morgan fingerprint density at radius 1 is 1.26 bits per heavy atom. The Morgan fingerprint density at radius 2 is 1.97 bits per heavy atom. The van der Waals surface area contributed by atoms with Crippen LogP contribution in [0.1, 0.15) is 53.9 Å². The number of aromatic nitrogens is 4. The van der Waals surface area contributed by atoms with Gasteiger partial charge in [0.25, 0.3) is 7.52 Å². The molecule has 0 bridgehead atoms. The summed E-state index contributed by atoms with van der Waals surface area (Å²) < 4.78 is 31.8. The van der Waals surface area contributed by atoms with Crippen LogP contribution < -0.4 is 10.8 Å². The van der Waals surface area contributed by atoms with Gasteiger partial charge in [0.1, 0.15) is 23.7 Å². The van der Waals surface area contributed by atoms with E-state index in [9.17, 15) is 19.3 Å². The Morgan fingerprint density at radius 3 is 2.63 bits per heavy atom. The Bertz CT molecular complexity index is 1060. The summed E-state index contributed by atoms with van der Waals surface area (Å²) in [5.74, 6) is -1.69. The van der Waals surface area contributed by atoms with Crippen LogP contribution >= 0.6 is 7.52 Å². The molecular weight excluding hydrogens is 479 g/mol. The number of nitrogens with zero attached hydrogens (tertiary/aromatic N) is 4. The maximum atomic E-state index is 13.6. The molecule has 2 aromatic heterocycles. The SMILES string of the molecule is CCCCCOC(=O)[C@H](C)O[P@](=O)(CO[C@H](C)Cn1cnc2c(N)ncnc21)NC(C)(C)C(=O)O. The Kier molecular flexibility index (Phi) is 10.1. The first-order valence-electron chi connectivity index (χ1n) is 11.4. The number of imidazole rings is 1. The molecule has 0 radical (unpaired) electrons. The largest absolute Gasteiger partial charge is 0.480 e. The van der Waals surface area contributed by atoms with E-state index in [-0.39, 0.29) is 19.0 Å². The van der Waals surface area contributed by atoms with Crippen LogP contribution in [0.4, 0.5) is 5.82 Å². The lowest BCUT2D eigenvalue weighted by atomic mass is 10.1. The van der Waals surface area contributed by atoms with Gasteiger partial charge in [-0.1, -0.05) is 19.8 Å². The standard InChI is InChI=1S/C21H35N6O7P/c1-6-7-8-9-32-19(28)15(3)34-35(31,26-21(4,5)20(29)30)13-33-14(2)10-27-12-25-16-17(22)23-11-24-18(16)27/h11-12,14-15H,6-10,13H2,1-5H3,(H,26,31)(H,29,30)(H2,22,23,24)/t14-,15+,35-/m1/s1. The molecule has 196 valence electrons. The summed E-state index contributed by atoms with van der Waals surface area (Å²) in [4.78, 5) is 36.2. The number of unbranched alkanes of at least 4 members (excludes halogenated alkanes) is 2. The number of nitrogens with two attached hydrogens (primary N) is 1. The Hall–Kier alpha value is -2.60. The number of carbonyl (C=O) groups excluding carboxylic acids is 1. The Labute approximate surface area is 204 Å². The maximum Gasteiger partial charge on any atom is 0.335 e. The first kappa shape index (κ1) is 28.6. The minimum absolute atomic E-state index is 0.221. The molecule has 0 amide bonds. The van der Waals surface area contributed by atoms with Gasteiger partial charge in [-0.2, -0.15) is 0 Å². The van der Waals surface area contributed by atoms with Crippen molar-refractivity contribution in [1.82, 2.24) is 24.6 Å². The molecule has 0 aromatic carbocycles. The smallest absolute Gasteiger partial charge is 0.335 e. The molecule has 0 aliphatic heterocycles. The van der Waals surface area contributed by atoms with Gasteiger partial charge in [0.05, 0.1) is 25.6 Å². The van der Waals surface area contributed by atoms with Crippen LogP contribution in [-0.4, -0.2) is 67.3 Å². The highest BCUT2D eigenvalue weighted by atomic mass is 31.2. The van der Waals surface area contributed by atoms with Crippen molar-refractivity contribution in [3.05, 3.63) is 12.7 Å². The highest BCUT2D eigenvalue weighted by Crippen LogP contribution is 2.46. The van der Waals surface area contributed by atoms with Gasteiger partial charge in [0.15, 0.2) is 17.6 Å². The fraction of sp³-hybridized carbons (Fsp3) is 0.667. The predicted molar refractivity (Wildman–Crippen MR) is 129 cm³/mol. The number of ether oxygens (including phenoxy) is 2. The first-order chi connectivity index (χ1) is 16.4. The fourth-order valence-electron chi connectivity index (χ4n) is 3.09. The molecule has 2 aromatic rings. The first-order valence-corrected chi connectivity index (χ1v) is 13.2. The second-order valence-corrected chi connectivity index (χ2v) is 10.8. The molecule has 0 aliphatic rings. The van der Waals surface area contributed by atoms with E-state index in [0.29, 0.717) is 17.6 Å². The molecule has 0 aliphatic carbocycles. The molecule has 2 rings (SSSR count). The van der Waals surface area contributed by atoms with Gasteiger partial charge in [-0.15, -0.1) is 0 Å². The zero-order chi connectivity index (χ0) is 26.2. The second kappa shape index (κ2) is 12.4. The van der Waals surface area contributed by atoms with Gasteiger partial charge in [-0.3, -0.25) is 9.36 Å². The Balaban J connectivity index is 2.08. The van der Waals surface area contributed by atoms with Crippen molar-refractivity contribution in [1.29, 1.82) is 0 Å². The van der Waals surface area contributed by atoms with E-state index in [2.05, 4.69) is 20.0 Å². The molecule has 13 nitrogen and oxygen atoms in total. The maximum absolute atomic E-state index is 13.6. The lowest BCUT2D eigenvalue weighted by Crippen LogP contribution is -2.46. The van der Waals surface area contributed by atoms with Crippen molar-refractivity contribution in [3.8, 4) is 0 Å². The van der Waals surface area contributed by atoms with Gasteiger partial charge in [-0.05, 0) is 34.1 Å². The monoisotopic (exact) mass is 514 g/mol. The van der Waals surface area contributed by atoms with Crippen molar-refractivity contribution in [3.63, 3.8) is 0 Å². The normalized spacial score (nSPS) is 15.5. The molecular formula is C21H35N6O7P. The summed E-state index contributed by atoms with van der Waals surface area (Å²) in [5, 5.41) is 12.0. The average Bonchev–Trinajstić information content (AvgIpc) is 3.18. The molecule has 0 fully saturated rings. The van der Waals surface area contributed by atoms with Crippen LogP contribution in [0.3, 0.4) is 0 Å². The third-order valence-corrected chi connectivity index (χ3v) is 7.09. The number of aliphatic carboxylic acids is 1. The topological polar surface area (TPSA) is 181 Å². The number of hydrogen-bond acceptors (Lipinski definition) is 10. The van der Waals surface area contributed by atoms with Crippen molar-refractivity contribution >= 4 is 36.4 Å². The van der Waals surface area contributed by atoms with E-state index in [1.807, 2.05) is 6.92 Å². The third-order valence-electron chi connectivity index (χ3n) is 5.05. The summed E-state index contributed by atoms with van der Waals surface area (Å²) in [6, 6.07) is 0. The lowest BCUT2D eigenvalue weighted by molar-refractivity contribution is -0.151. The highest BCUT2D eigenvalue weighted by molar-refractivity contribution is 7.56. The van der Waals surface area contributed by atoms with E-state index >= 15 is 0 Å². The van der Waals surface area contributed by atoms with Gasteiger partial charge >= 0.3 is 11.9 Å². The molecule has 2 heterocycles. The summed E-state index contributed by atoms with van der Waals surface area (Å²) in [6.45, 7) is 8.33. The van der Waals surface area contributed by atoms with Crippen LogP contribution in [0.15, 0.2) is 12.7 Å². The van der Waals surface area contributed by atoms with Crippen LogP contribution in [0.5, 0.6) is 0 Å². The summed E-state index contributed by atoms with van der Waals surface area (Å²) in [5.41, 5.74) is 5.16. The van der Waals surface area contributed by atoms with E-state index < -0.39 is 43.6 Å². The molecule has 0 saturated carbocycles. The zero-order valence-electron chi connectivity index (χ0n) is 20.8. The number of rotatable bonds is 15. The number of carboxylic acids is 1.